The van der Waals surface area contributed by atoms with Crippen molar-refractivity contribution in [3.05, 3.63) is 36.0 Å². The monoisotopic (exact) mass is 217 g/mol. The summed E-state index contributed by atoms with van der Waals surface area (Å²) < 4.78 is 4.88. The van der Waals surface area contributed by atoms with Crippen LogP contribution >= 0.6 is 0 Å². The van der Waals surface area contributed by atoms with Gasteiger partial charge in [0, 0.05) is 11.2 Å². The molecule has 0 amide bonds. The first-order chi connectivity index (χ1) is 7.79. The largest absolute Gasteiger partial charge is 0.466 e. The summed E-state index contributed by atoms with van der Waals surface area (Å²) in [7, 11) is 0. The summed E-state index contributed by atoms with van der Waals surface area (Å²) in [6.45, 7) is 2.27. The molecule has 0 bridgehead atoms. The number of aromatic nitrogens is 1. The number of aryl methyl sites for hydroxylation is 1. The standard InChI is InChI=1S/C13H15NO2/c1-2-16-13(15)8-7-11-9-10-5-3-4-6-12(10)14-11/h3-6,9,14H,2,7-8H2,1H3. The molecule has 0 aliphatic heterocycles. The van der Waals surface area contributed by atoms with E-state index >= 15 is 0 Å². The maximum absolute atomic E-state index is 11.2. The van der Waals surface area contributed by atoms with E-state index in [1.165, 1.54) is 5.39 Å². The Morgan fingerprint density at radius 2 is 2.19 bits per heavy atom. The number of esters is 1. The molecule has 3 heteroatoms. The van der Waals surface area contributed by atoms with Gasteiger partial charge in [0.25, 0.3) is 0 Å². The van der Waals surface area contributed by atoms with Gasteiger partial charge in [-0.2, -0.15) is 0 Å². The normalized spacial score (nSPS) is 10.6. The molecule has 1 aromatic carbocycles. The molecule has 2 aromatic rings. The highest BCUT2D eigenvalue weighted by molar-refractivity contribution is 5.80. The van der Waals surface area contributed by atoms with Crippen LogP contribution < -0.4 is 0 Å². The third-order valence-corrected chi connectivity index (χ3v) is 2.49. The first kappa shape index (κ1) is 10.7. The summed E-state index contributed by atoms with van der Waals surface area (Å²) in [5.41, 5.74) is 2.19. The van der Waals surface area contributed by atoms with E-state index in [1.807, 2.05) is 25.1 Å². The average Bonchev–Trinajstić information content (AvgIpc) is 2.69. The molecule has 2 rings (SSSR count). The van der Waals surface area contributed by atoms with Crippen LogP contribution in [0, 0.1) is 0 Å². The Labute approximate surface area is 94.4 Å². The number of carbonyl (C=O) groups excluding carboxylic acids is 1. The first-order valence-electron chi connectivity index (χ1n) is 5.52. The summed E-state index contributed by atoms with van der Waals surface area (Å²) in [5, 5.41) is 1.18. The molecule has 0 aliphatic rings. The van der Waals surface area contributed by atoms with Crippen LogP contribution in [0.1, 0.15) is 19.0 Å². The molecule has 1 N–H and O–H groups in total. The van der Waals surface area contributed by atoms with Gasteiger partial charge < -0.3 is 9.72 Å². The number of para-hydroxylation sites is 1. The lowest BCUT2D eigenvalue weighted by molar-refractivity contribution is -0.143. The molecular weight excluding hydrogens is 202 g/mol. The van der Waals surface area contributed by atoms with Crippen LogP contribution in [0.4, 0.5) is 0 Å². The number of rotatable bonds is 4. The molecule has 16 heavy (non-hydrogen) atoms. The Morgan fingerprint density at radius 1 is 1.38 bits per heavy atom. The minimum absolute atomic E-state index is 0.138. The summed E-state index contributed by atoms with van der Waals surface area (Å²) in [5.74, 6) is -0.138. The second kappa shape index (κ2) is 4.84. The predicted molar refractivity (Wildman–Crippen MR) is 63.3 cm³/mol. The maximum atomic E-state index is 11.2. The lowest BCUT2D eigenvalue weighted by atomic mass is 10.2. The van der Waals surface area contributed by atoms with E-state index in [9.17, 15) is 4.79 Å². The van der Waals surface area contributed by atoms with Gasteiger partial charge >= 0.3 is 5.97 Å². The van der Waals surface area contributed by atoms with Crippen molar-refractivity contribution in [1.82, 2.24) is 4.98 Å². The van der Waals surface area contributed by atoms with Gasteiger partial charge in [-0.15, -0.1) is 0 Å². The molecule has 0 fully saturated rings. The van der Waals surface area contributed by atoms with Gasteiger partial charge in [-0.1, -0.05) is 18.2 Å². The van der Waals surface area contributed by atoms with Gasteiger partial charge in [0.1, 0.15) is 0 Å². The van der Waals surface area contributed by atoms with Crippen molar-refractivity contribution in [3.63, 3.8) is 0 Å². The van der Waals surface area contributed by atoms with E-state index in [2.05, 4.69) is 17.1 Å². The molecule has 3 nitrogen and oxygen atoms in total. The Morgan fingerprint density at radius 3 is 2.94 bits per heavy atom. The fourth-order valence-electron chi connectivity index (χ4n) is 1.74. The van der Waals surface area contributed by atoms with Crippen LogP contribution in [0.2, 0.25) is 0 Å². The number of H-pyrrole nitrogens is 1. The summed E-state index contributed by atoms with van der Waals surface area (Å²) in [4.78, 5) is 14.5. The molecular formula is C13H15NO2. The van der Waals surface area contributed by atoms with E-state index in [1.54, 1.807) is 0 Å². The predicted octanol–water partition coefficient (Wildman–Crippen LogP) is 2.66. The maximum Gasteiger partial charge on any atom is 0.306 e. The van der Waals surface area contributed by atoms with Crippen LogP contribution in [-0.4, -0.2) is 17.6 Å². The molecule has 0 saturated carbocycles. The number of nitrogens with one attached hydrogen (secondary N) is 1. The second-order valence-electron chi connectivity index (χ2n) is 3.69. The van der Waals surface area contributed by atoms with Crippen LogP contribution in [-0.2, 0) is 16.0 Å². The van der Waals surface area contributed by atoms with Crippen LogP contribution in [0.15, 0.2) is 30.3 Å². The number of fused-ring (bicyclic) bond motifs is 1. The lowest BCUT2D eigenvalue weighted by Crippen LogP contribution is -2.05. The highest BCUT2D eigenvalue weighted by atomic mass is 16.5. The van der Waals surface area contributed by atoms with Crippen LogP contribution in [0.5, 0.6) is 0 Å². The van der Waals surface area contributed by atoms with Crippen molar-refractivity contribution < 1.29 is 9.53 Å². The summed E-state index contributed by atoms with van der Waals surface area (Å²) in [6, 6.07) is 10.2. The van der Waals surface area contributed by atoms with Crippen molar-refractivity contribution in [2.24, 2.45) is 0 Å². The molecule has 0 spiro atoms. The van der Waals surface area contributed by atoms with E-state index < -0.39 is 0 Å². The topological polar surface area (TPSA) is 42.1 Å². The second-order valence-corrected chi connectivity index (χ2v) is 3.69. The highest BCUT2D eigenvalue weighted by Crippen LogP contribution is 2.15. The minimum Gasteiger partial charge on any atom is -0.466 e. The van der Waals surface area contributed by atoms with E-state index in [0.29, 0.717) is 19.4 Å². The molecule has 1 aromatic heterocycles. The van der Waals surface area contributed by atoms with Gasteiger partial charge in [-0.05, 0) is 30.9 Å². The highest BCUT2D eigenvalue weighted by Gasteiger charge is 2.04. The first-order valence-corrected chi connectivity index (χ1v) is 5.52. The zero-order valence-corrected chi connectivity index (χ0v) is 9.32. The van der Waals surface area contributed by atoms with Gasteiger partial charge in [-0.3, -0.25) is 4.79 Å². The number of ether oxygens (including phenoxy) is 1. The fourth-order valence-corrected chi connectivity index (χ4v) is 1.74. The molecule has 0 unspecified atom stereocenters. The Kier molecular flexibility index (Phi) is 3.25. The Balaban J connectivity index is 2.02. The molecule has 0 atom stereocenters. The van der Waals surface area contributed by atoms with Crippen LogP contribution in [0.3, 0.4) is 0 Å². The van der Waals surface area contributed by atoms with Gasteiger partial charge in [-0.25, -0.2) is 0 Å². The third kappa shape index (κ3) is 2.42. The molecule has 84 valence electrons. The van der Waals surface area contributed by atoms with Gasteiger partial charge in [0.2, 0.25) is 0 Å². The number of carbonyl (C=O) groups is 1. The van der Waals surface area contributed by atoms with E-state index in [4.69, 9.17) is 4.74 Å². The zero-order valence-electron chi connectivity index (χ0n) is 9.32. The van der Waals surface area contributed by atoms with Crippen molar-refractivity contribution in [3.8, 4) is 0 Å². The molecule has 0 radical (unpaired) electrons. The Hall–Kier alpha value is -1.77. The number of benzene rings is 1. The van der Waals surface area contributed by atoms with Crippen molar-refractivity contribution >= 4 is 16.9 Å². The van der Waals surface area contributed by atoms with Crippen molar-refractivity contribution in [2.45, 2.75) is 19.8 Å². The van der Waals surface area contributed by atoms with Crippen molar-refractivity contribution in [2.75, 3.05) is 6.61 Å². The number of hydrogen-bond acceptors (Lipinski definition) is 2. The SMILES string of the molecule is CCOC(=O)CCc1cc2ccccc2[nH]1. The molecule has 0 saturated heterocycles. The van der Waals surface area contributed by atoms with Gasteiger partial charge in [0.05, 0.1) is 13.0 Å². The lowest BCUT2D eigenvalue weighted by Gasteiger charge is -1.99. The summed E-state index contributed by atoms with van der Waals surface area (Å²) in [6.07, 6.45) is 1.13. The van der Waals surface area contributed by atoms with Crippen LogP contribution in [0.25, 0.3) is 10.9 Å². The number of aromatic amines is 1. The summed E-state index contributed by atoms with van der Waals surface area (Å²) >= 11 is 0. The molecule has 1 heterocycles. The van der Waals surface area contributed by atoms with E-state index in [0.717, 1.165) is 11.2 Å². The van der Waals surface area contributed by atoms with Gasteiger partial charge in [0.15, 0.2) is 0 Å². The Bertz CT molecular complexity index is 454. The zero-order chi connectivity index (χ0) is 11.4. The minimum atomic E-state index is -0.138. The van der Waals surface area contributed by atoms with Crippen molar-refractivity contribution in [1.29, 1.82) is 0 Å². The third-order valence-electron chi connectivity index (χ3n) is 2.49. The number of hydrogen-bond donors (Lipinski definition) is 1. The smallest absolute Gasteiger partial charge is 0.306 e. The quantitative estimate of drug-likeness (QED) is 0.800. The van der Waals surface area contributed by atoms with E-state index in [-0.39, 0.29) is 5.97 Å². The molecule has 0 aliphatic carbocycles. The average molecular weight is 217 g/mol. The fraction of sp³-hybridized carbons (Fsp3) is 0.308.